The molecule has 34 heavy (non-hydrogen) atoms. The Balaban J connectivity index is 2.36. The van der Waals surface area contributed by atoms with Gasteiger partial charge in [-0.15, -0.1) is 11.8 Å². The van der Waals surface area contributed by atoms with Crippen LogP contribution in [0, 0.1) is 0 Å². The van der Waals surface area contributed by atoms with Crippen LogP contribution >= 0.6 is 27.7 Å². The van der Waals surface area contributed by atoms with Crippen molar-refractivity contribution in [1.29, 1.82) is 0 Å². The van der Waals surface area contributed by atoms with Crippen LogP contribution < -0.4 is 25.0 Å². The molecule has 2 aromatic carbocycles. The van der Waals surface area contributed by atoms with Crippen molar-refractivity contribution >= 4 is 33.7 Å². The van der Waals surface area contributed by atoms with Gasteiger partial charge in [0.25, 0.3) is 0 Å². The Morgan fingerprint density at radius 2 is 1.76 bits per heavy atom. The first kappa shape index (κ1) is 26.2. The minimum absolute atomic E-state index is 0.0854. The molecule has 0 saturated carbocycles. The van der Waals surface area contributed by atoms with E-state index in [2.05, 4.69) is 21.2 Å². The van der Waals surface area contributed by atoms with Gasteiger partial charge in [-0.3, -0.25) is 4.79 Å². The van der Waals surface area contributed by atoms with E-state index >= 15 is 0 Å². The molecular weight excluding hydrogens is 520 g/mol. The first-order chi connectivity index (χ1) is 16.4. The summed E-state index contributed by atoms with van der Waals surface area (Å²) >= 11 is 5.11. The maximum absolute atomic E-state index is 13.0. The molecule has 1 N–H and O–H groups in total. The Morgan fingerprint density at radius 1 is 1.12 bits per heavy atom. The zero-order valence-electron chi connectivity index (χ0n) is 20.4. The lowest BCUT2D eigenvalue weighted by Crippen LogP contribution is -2.41. The molecule has 0 heterocycles. The van der Waals surface area contributed by atoms with Crippen molar-refractivity contribution in [3.05, 3.63) is 44.0 Å². The van der Waals surface area contributed by atoms with Gasteiger partial charge in [-0.05, 0) is 77.7 Å². The number of amides is 2. The molecular formula is C25H31BrN2O5S. The molecule has 0 aliphatic heterocycles. The molecule has 0 unspecified atom stereocenters. The second-order valence-corrected chi connectivity index (χ2v) is 9.40. The number of urea groups is 1. The lowest BCUT2D eigenvalue weighted by Gasteiger charge is -2.24. The van der Waals surface area contributed by atoms with Gasteiger partial charge in [-0.25, -0.2) is 4.79 Å². The Morgan fingerprint density at radius 3 is 2.32 bits per heavy atom. The average molecular weight is 552 g/mol. The summed E-state index contributed by atoms with van der Waals surface area (Å²) in [4.78, 5) is 28.4. The summed E-state index contributed by atoms with van der Waals surface area (Å²) in [5, 5.41) is 3.17. The molecule has 9 heteroatoms. The van der Waals surface area contributed by atoms with E-state index in [0.717, 1.165) is 26.7 Å². The van der Waals surface area contributed by atoms with Crippen molar-refractivity contribution in [2.75, 3.05) is 40.7 Å². The quantitative estimate of drug-likeness (QED) is 0.473. The highest BCUT2D eigenvalue weighted by atomic mass is 79.9. The highest BCUT2D eigenvalue weighted by Crippen LogP contribution is 2.54. The molecule has 2 amide bonds. The van der Waals surface area contributed by atoms with E-state index in [4.69, 9.17) is 14.2 Å². The Hall–Kier alpha value is -2.39. The molecule has 0 fully saturated rings. The van der Waals surface area contributed by atoms with Gasteiger partial charge < -0.3 is 24.4 Å². The normalized spacial score (nSPS) is 14.4. The Bertz CT molecular complexity index is 1140. The molecule has 2 aromatic rings. The van der Waals surface area contributed by atoms with E-state index in [1.165, 1.54) is 11.8 Å². The zero-order chi connectivity index (χ0) is 25.0. The van der Waals surface area contributed by atoms with Crippen molar-refractivity contribution in [2.45, 2.75) is 37.6 Å². The predicted octanol–water partition coefficient (Wildman–Crippen LogP) is 5.26. The second-order valence-electron chi connectivity index (χ2n) is 7.76. The maximum Gasteiger partial charge on any atom is 0.317 e. The van der Waals surface area contributed by atoms with E-state index < -0.39 is 0 Å². The number of carbonyl (C=O) groups is 1. The third-order valence-electron chi connectivity index (χ3n) is 6.16. The van der Waals surface area contributed by atoms with E-state index in [0.29, 0.717) is 48.1 Å². The van der Waals surface area contributed by atoms with Crippen molar-refractivity contribution in [3.8, 4) is 28.4 Å². The van der Waals surface area contributed by atoms with Gasteiger partial charge in [0.2, 0.25) is 5.75 Å². The zero-order valence-corrected chi connectivity index (χ0v) is 22.8. The number of carbonyl (C=O) groups excluding carboxylic acids is 1. The lowest BCUT2D eigenvalue weighted by atomic mass is 9.95. The van der Waals surface area contributed by atoms with Crippen LogP contribution in [0.25, 0.3) is 11.1 Å². The fraction of sp³-hybridized carbons (Fsp3) is 0.440. The molecule has 7 nitrogen and oxygen atoms in total. The Labute approximate surface area is 213 Å². The van der Waals surface area contributed by atoms with E-state index in [9.17, 15) is 9.59 Å². The fourth-order valence-electron chi connectivity index (χ4n) is 4.44. The molecule has 0 spiro atoms. The molecule has 0 saturated heterocycles. The Kier molecular flexibility index (Phi) is 8.76. The third kappa shape index (κ3) is 4.73. The largest absolute Gasteiger partial charge is 0.492 e. The molecule has 0 radical (unpaired) electrons. The molecule has 3 rings (SSSR count). The first-order valence-electron chi connectivity index (χ1n) is 11.1. The maximum atomic E-state index is 13.0. The van der Waals surface area contributed by atoms with Crippen LogP contribution in [0.1, 0.15) is 37.4 Å². The molecule has 1 aliphatic rings. The van der Waals surface area contributed by atoms with Gasteiger partial charge >= 0.3 is 6.03 Å². The SMILES string of the molecule is CCN(CC)C(=O)N[C@H]1CCc2c(Br)c(OC)c(OC)c(OC)c2-c2ccc(SC)c(=O)cc21. The average Bonchev–Trinajstić information content (AvgIpc) is 3.08. The minimum atomic E-state index is -0.362. The molecule has 0 aromatic heterocycles. The summed E-state index contributed by atoms with van der Waals surface area (Å²) in [6.45, 7) is 5.09. The van der Waals surface area contributed by atoms with Crippen molar-refractivity contribution in [1.82, 2.24) is 10.2 Å². The number of ether oxygens (including phenoxy) is 3. The number of nitrogens with zero attached hydrogens (tertiary/aromatic N) is 1. The standard InChI is InChI=1S/C25H31BrN2O5S/c1-7-28(8-2)25(30)27-17-11-9-15-20(14-10-12-19(34-6)18(29)13-16(14)17)22(31-3)24(33-5)23(32-4)21(15)26/h10,12-13,17H,7-9,11H2,1-6H3,(H,27,30)/t17-/m0/s1. The van der Waals surface area contributed by atoms with Crippen molar-refractivity contribution in [3.63, 3.8) is 0 Å². The van der Waals surface area contributed by atoms with Gasteiger partial charge in [-0.1, -0.05) is 6.07 Å². The number of rotatable bonds is 7. The molecule has 1 aliphatic carbocycles. The lowest BCUT2D eigenvalue weighted by molar-refractivity contribution is 0.198. The summed E-state index contributed by atoms with van der Waals surface area (Å²) in [5.74, 6) is 1.53. The highest BCUT2D eigenvalue weighted by Gasteiger charge is 2.32. The second kappa shape index (κ2) is 11.4. The fourth-order valence-corrected chi connectivity index (χ4v) is 5.64. The molecule has 1 atom stereocenters. The smallest absolute Gasteiger partial charge is 0.317 e. The topological polar surface area (TPSA) is 77.1 Å². The van der Waals surface area contributed by atoms with E-state index in [-0.39, 0.29) is 17.5 Å². The number of benzene rings is 1. The predicted molar refractivity (Wildman–Crippen MR) is 140 cm³/mol. The van der Waals surface area contributed by atoms with Crippen molar-refractivity contribution < 1.29 is 19.0 Å². The van der Waals surface area contributed by atoms with Gasteiger partial charge in [0.05, 0.1) is 36.7 Å². The van der Waals surface area contributed by atoms with Gasteiger partial charge in [0, 0.05) is 18.7 Å². The number of nitrogens with one attached hydrogen (secondary N) is 1. The van der Waals surface area contributed by atoms with Crippen LogP contribution in [0.4, 0.5) is 4.79 Å². The highest BCUT2D eigenvalue weighted by molar-refractivity contribution is 9.10. The summed E-state index contributed by atoms with van der Waals surface area (Å²) < 4.78 is 17.9. The number of methoxy groups -OCH3 is 3. The van der Waals surface area contributed by atoms with E-state index in [1.54, 1.807) is 32.3 Å². The number of fused-ring (bicyclic) bond motifs is 3. The number of thioether (sulfide) groups is 1. The van der Waals surface area contributed by atoms with Crippen LogP contribution in [0.2, 0.25) is 0 Å². The van der Waals surface area contributed by atoms with Crippen LogP contribution in [0.15, 0.2) is 32.4 Å². The summed E-state index contributed by atoms with van der Waals surface area (Å²) in [5.41, 5.74) is 3.27. The third-order valence-corrected chi connectivity index (χ3v) is 7.77. The van der Waals surface area contributed by atoms with Crippen LogP contribution in [0.3, 0.4) is 0 Å². The number of hydrogen-bond acceptors (Lipinski definition) is 6. The minimum Gasteiger partial charge on any atom is -0.492 e. The van der Waals surface area contributed by atoms with E-state index in [1.807, 2.05) is 32.2 Å². The first-order valence-corrected chi connectivity index (χ1v) is 13.2. The number of halogens is 1. The van der Waals surface area contributed by atoms with Gasteiger partial charge in [0.15, 0.2) is 16.9 Å². The molecule has 184 valence electrons. The summed E-state index contributed by atoms with van der Waals surface area (Å²) in [7, 11) is 4.74. The molecule has 0 bridgehead atoms. The monoisotopic (exact) mass is 550 g/mol. The van der Waals surface area contributed by atoms with Crippen LogP contribution in [-0.4, -0.2) is 51.6 Å². The van der Waals surface area contributed by atoms with Gasteiger partial charge in [0.1, 0.15) is 0 Å². The van der Waals surface area contributed by atoms with Crippen LogP contribution in [-0.2, 0) is 6.42 Å². The summed E-state index contributed by atoms with van der Waals surface area (Å²) in [6.07, 6.45) is 3.10. The van der Waals surface area contributed by atoms with Crippen molar-refractivity contribution in [2.24, 2.45) is 0 Å². The summed E-state index contributed by atoms with van der Waals surface area (Å²) in [6, 6.07) is 4.89. The van der Waals surface area contributed by atoms with Crippen LogP contribution in [0.5, 0.6) is 17.2 Å². The number of hydrogen-bond donors (Lipinski definition) is 1. The van der Waals surface area contributed by atoms with Gasteiger partial charge in [-0.2, -0.15) is 0 Å².